The summed E-state index contributed by atoms with van der Waals surface area (Å²) in [5.41, 5.74) is 1.32. The minimum atomic E-state index is -0.320. The number of benzene rings is 2. The standard InChI is InChI=1S/C20H21N3O3/c1-15(20(24)23-10-12-25-13-11-23)22-17-6-8-18(9-7-17)26-19-5-3-2-4-16(19)14-21/h2-9,15,22H,10-13H2,1H3/t15-/m0/s1. The summed E-state index contributed by atoms with van der Waals surface area (Å²) < 4.78 is 11.0. The van der Waals surface area contributed by atoms with Crippen molar-refractivity contribution in [1.82, 2.24) is 4.90 Å². The molecule has 0 saturated carbocycles. The zero-order chi connectivity index (χ0) is 18.4. The third kappa shape index (κ3) is 4.32. The Morgan fingerprint density at radius 2 is 1.88 bits per heavy atom. The van der Waals surface area contributed by atoms with Gasteiger partial charge in [0.05, 0.1) is 18.8 Å². The molecule has 1 aliphatic rings. The number of morpholine rings is 1. The van der Waals surface area contributed by atoms with Gasteiger partial charge in [-0.05, 0) is 43.3 Å². The van der Waals surface area contributed by atoms with Crippen LogP contribution in [-0.2, 0) is 9.53 Å². The van der Waals surface area contributed by atoms with Gasteiger partial charge in [0.25, 0.3) is 0 Å². The lowest BCUT2D eigenvalue weighted by Crippen LogP contribution is -2.46. The van der Waals surface area contributed by atoms with Gasteiger partial charge < -0.3 is 19.7 Å². The summed E-state index contributed by atoms with van der Waals surface area (Å²) in [5, 5.41) is 12.3. The Morgan fingerprint density at radius 1 is 1.19 bits per heavy atom. The summed E-state index contributed by atoms with van der Waals surface area (Å²) in [7, 11) is 0. The maximum Gasteiger partial charge on any atom is 0.244 e. The molecule has 26 heavy (non-hydrogen) atoms. The second kappa shape index (κ2) is 8.37. The number of carbonyl (C=O) groups excluding carboxylic acids is 1. The van der Waals surface area contributed by atoms with Crippen molar-refractivity contribution in [2.75, 3.05) is 31.6 Å². The fraction of sp³-hybridized carbons (Fsp3) is 0.300. The fourth-order valence-corrected chi connectivity index (χ4v) is 2.76. The number of hydrogen-bond donors (Lipinski definition) is 1. The molecule has 0 unspecified atom stereocenters. The van der Waals surface area contributed by atoms with Crippen LogP contribution in [-0.4, -0.2) is 43.2 Å². The predicted molar refractivity (Wildman–Crippen MR) is 98.2 cm³/mol. The number of nitrogens with one attached hydrogen (secondary N) is 1. The molecule has 0 radical (unpaired) electrons. The third-order valence-corrected chi connectivity index (χ3v) is 4.17. The quantitative estimate of drug-likeness (QED) is 0.896. The van der Waals surface area contributed by atoms with Crippen molar-refractivity contribution in [3.63, 3.8) is 0 Å². The number of nitrogens with zero attached hydrogens (tertiary/aromatic N) is 2. The normalized spacial score (nSPS) is 15.0. The molecule has 0 spiro atoms. The molecule has 2 aromatic rings. The number of anilines is 1. The Kier molecular flexibility index (Phi) is 5.72. The molecule has 2 aromatic carbocycles. The molecule has 0 aromatic heterocycles. The number of para-hydroxylation sites is 1. The van der Waals surface area contributed by atoms with Gasteiger partial charge in [-0.25, -0.2) is 0 Å². The van der Waals surface area contributed by atoms with Gasteiger partial charge >= 0.3 is 0 Å². The molecule has 3 rings (SSSR count). The van der Waals surface area contributed by atoms with Crippen LogP contribution in [0, 0.1) is 11.3 Å². The minimum Gasteiger partial charge on any atom is -0.456 e. The van der Waals surface area contributed by atoms with Gasteiger partial charge in [-0.3, -0.25) is 4.79 Å². The third-order valence-electron chi connectivity index (χ3n) is 4.17. The number of carbonyl (C=O) groups is 1. The summed E-state index contributed by atoms with van der Waals surface area (Å²) >= 11 is 0. The van der Waals surface area contributed by atoms with E-state index >= 15 is 0 Å². The van der Waals surface area contributed by atoms with Gasteiger partial charge in [0, 0.05) is 18.8 Å². The largest absolute Gasteiger partial charge is 0.456 e. The van der Waals surface area contributed by atoms with Crippen LogP contribution in [0.25, 0.3) is 0 Å². The summed E-state index contributed by atoms with van der Waals surface area (Å²) in [6, 6.07) is 16.2. The molecular weight excluding hydrogens is 330 g/mol. The second-order valence-electron chi connectivity index (χ2n) is 6.04. The van der Waals surface area contributed by atoms with Crippen LogP contribution in [0.1, 0.15) is 12.5 Å². The first-order valence-corrected chi connectivity index (χ1v) is 8.57. The Labute approximate surface area is 152 Å². The van der Waals surface area contributed by atoms with Crippen LogP contribution in [0.5, 0.6) is 11.5 Å². The number of ether oxygens (including phenoxy) is 2. The maximum absolute atomic E-state index is 12.4. The molecule has 1 saturated heterocycles. The summed E-state index contributed by atoms with van der Waals surface area (Å²) in [6.07, 6.45) is 0. The van der Waals surface area contributed by atoms with Crippen LogP contribution < -0.4 is 10.1 Å². The van der Waals surface area contributed by atoms with E-state index in [0.717, 1.165) is 5.69 Å². The van der Waals surface area contributed by atoms with Crippen LogP contribution in [0.3, 0.4) is 0 Å². The van der Waals surface area contributed by atoms with Crippen LogP contribution in [0.4, 0.5) is 5.69 Å². The van der Waals surface area contributed by atoms with Crippen LogP contribution in [0.15, 0.2) is 48.5 Å². The minimum absolute atomic E-state index is 0.0663. The van der Waals surface area contributed by atoms with Crippen molar-refractivity contribution in [1.29, 1.82) is 5.26 Å². The average Bonchev–Trinajstić information content (AvgIpc) is 2.70. The number of hydrogen-bond acceptors (Lipinski definition) is 5. The van der Waals surface area contributed by atoms with E-state index in [1.165, 1.54) is 0 Å². The van der Waals surface area contributed by atoms with Crippen molar-refractivity contribution in [2.24, 2.45) is 0 Å². The van der Waals surface area contributed by atoms with E-state index in [4.69, 9.17) is 14.7 Å². The van der Waals surface area contributed by atoms with E-state index in [1.54, 1.807) is 18.2 Å². The van der Waals surface area contributed by atoms with E-state index in [9.17, 15) is 4.79 Å². The SMILES string of the molecule is C[C@H](Nc1ccc(Oc2ccccc2C#N)cc1)C(=O)N1CCOCC1. The van der Waals surface area contributed by atoms with E-state index < -0.39 is 0 Å². The van der Waals surface area contributed by atoms with Crippen LogP contribution >= 0.6 is 0 Å². The zero-order valence-electron chi connectivity index (χ0n) is 14.6. The Balaban J connectivity index is 1.60. The molecule has 1 aliphatic heterocycles. The van der Waals surface area contributed by atoms with Gasteiger partial charge in [-0.15, -0.1) is 0 Å². The first kappa shape index (κ1) is 17.8. The summed E-state index contributed by atoms with van der Waals surface area (Å²) in [5.74, 6) is 1.22. The maximum atomic E-state index is 12.4. The molecule has 0 aliphatic carbocycles. The second-order valence-corrected chi connectivity index (χ2v) is 6.04. The van der Waals surface area contributed by atoms with Gasteiger partial charge in [0.15, 0.2) is 0 Å². The topological polar surface area (TPSA) is 74.6 Å². The highest BCUT2D eigenvalue weighted by atomic mass is 16.5. The van der Waals surface area contributed by atoms with E-state index in [1.807, 2.05) is 42.2 Å². The molecular formula is C20H21N3O3. The van der Waals surface area contributed by atoms with Gasteiger partial charge in [0.1, 0.15) is 23.6 Å². The lowest BCUT2D eigenvalue weighted by molar-refractivity contribution is -0.135. The van der Waals surface area contributed by atoms with Crippen LogP contribution in [0.2, 0.25) is 0 Å². The molecule has 1 atom stereocenters. The van der Waals surface area contributed by atoms with Crippen molar-refractivity contribution < 1.29 is 14.3 Å². The van der Waals surface area contributed by atoms with Gasteiger partial charge in [0.2, 0.25) is 5.91 Å². The smallest absolute Gasteiger partial charge is 0.244 e. The summed E-state index contributed by atoms with van der Waals surface area (Å²) in [4.78, 5) is 14.3. The molecule has 6 nitrogen and oxygen atoms in total. The zero-order valence-corrected chi connectivity index (χ0v) is 14.6. The first-order valence-electron chi connectivity index (χ1n) is 8.57. The first-order chi connectivity index (χ1) is 12.7. The lowest BCUT2D eigenvalue weighted by Gasteiger charge is -2.29. The van der Waals surface area contributed by atoms with Crippen molar-refractivity contribution in [3.8, 4) is 17.6 Å². The highest BCUT2D eigenvalue weighted by Gasteiger charge is 2.22. The Morgan fingerprint density at radius 3 is 2.58 bits per heavy atom. The number of amides is 1. The molecule has 1 heterocycles. The number of nitriles is 1. The van der Waals surface area contributed by atoms with E-state index in [-0.39, 0.29) is 11.9 Å². The van der Waals surface area contributed by atoms with E-state index in [0.29, 0.717) is 43.4 Å². The molecule has 0 bridgehead atoms. The Hall–Kier alpha value is -3.04. The molecule has 1 amide bonds. The molecule has 134 valence electrons. The predicted octanol–water partition coefficient (Wildman–Crippen LogP) is 3.01. The highest BCUT2D eigenvalue weighted by molar-refractivity contribution is 5.84. The van der Waals surface area contributed by atoms with Crippen molar-refractivity contribution in [3.05, 3.63) is 54.1 Å². The van der Waals surface area contributed by atoms with Gasteiger partial charge in [-0.1, -0.05) is 12.1 Å². The summed E-state index contributed by atoms with van der Waals surface area (Å²) in [6.45, 7) is 4.31. The fourth-order valence-electron chi connectivity index (χ4n) is 2.76. The molecule has 1 N–H and O–H groups in total. The lowest BCUT2D eigenvalue weighted by atomic mass is 10.2. The van der Waals surface area contributed by atoms with Gasteiger partial charge in [-0.2, -0.15) is 5.26 Å². The average molecular weight is 351 g/mol. The Bertz CT molecular complexity index is 793. The van der Waals surface area contributed by atoms with Crippen molar-refractivity contribution in [2.45, 2.75) is 13.0 Å². The van der Waals surface area contributed by atoms with Crippen molar-refractivity contribution >= 4 is 11.6 Å². The molecule has 1 fully saturated rings. The number of rotatable bonds is 5. The van der Waals surface area contributed by atoms with E-state index in [2.05, 4.69) is 11.4 Å². The monoisotopic (exact) mass is 351 g/mol. The highest BCUT2D eigenvalue weighted by Crippen LogP contribution is 2.26. The molecule has 6 heteroatoms.